The minimum atomic E-state index is -3.74. The normalized spacial score (nSPS) is 11.5. The number of sulfonamides is 1. The lowest BCUT2D eigenvalue weighted by Gasteiger charge is -2.09. The smallest absolute Gasteiger partial charge is 0.238 e. The van der Waals surface area contributed by atoms with E-state index in [-0.39, 0.29) is 4.90 Å². The van der Waals surface area contributed by atoms with Crippen molar-refractivity contribution in [3.63, 3.8) is 0 Å². The molecule has 5 N–H and O–H groups in total. The van der Waals surface area contributed by atoms with Crippen LogP contribution in [0.15, 0.2) is 39.6 Å². The van der Waals surface area contributed by atoms with Crippen molar-refractivity contribution in [2.24, 2.45) is 5.14 Å². The molecule has 0 radical (unpaired) electrons. The van der Waals surface area contributed by atoms with Gasteiger partial charge in [-0.3, -0.25) is 0 Å². The Kier molecular flexibility index (Phi) is 3.50. The average molecular weight is 281 g/mol. The van der Waals surface area contributed by atoms with Gasteiger partial charge in [-0.1, -0.05) is 0 Å². The molecule has 0 saturated carbocycles. The number of aryl methyl sites for hydroxylation is 1. The Hall–Kier alpha value is -1.99. The topological polar surface area (TPSA) is 111 Å². The molecule has 0 fully saturated rings. The van der Waals surface area contributed by atoms with Crippen molar-refractivity contribution in [3.05, 3.63) is 41.9 Å². The summed E-state index contributed by atoms with van der Waals surface area (Å²) in [6.45, 7) is 2.26. The number of benzene rings is 1. The van der Waals surface area contributed by atoms with Crippen LogP contribution in [0.2, 0.25) is 0 Å². The third-order valence-electron chi connectivity index (χ3n) is 2.60. The van der Waals surface area contributed by atoms with E-state index in [4.69, 9.17) is 15.3 Å². The molecule has 0 unspecified atom stereocenters. The number of anilines is 2. The van der Waals surface area contributed by atoms with Crippen LogP contribution in [0.5, 0.6) is 0 Å². The van der Waals surface area contributed by atoms with Gasteiger partial charge in [-0.15, -0.1) is 0 Å². The number of hydrogen-bond acceptors (Lipinski definition) is 5. The van der Waals surface area contributed by atoms with Gasteiger partial charge in [0.05, 0.1) is 22.8 Å². The van der Waals surface area contributed by atoms with Gasteiger partial charge >= 0.3 is 0 Å². The summed E-state index contributed by atoms with van der Waals surface area (Å²) in [5.41, 5.74) is 6.71. The van der Waals surface area contributed by atoms with Crippen molar-refractivity contribution in [2.45, 2.75) is 18.4 Å². The van der Waals surface area contributed by atoms with Crippen LogP contribution in [0.1, 0.15) is 11.5 Å². The third-order valence-corrected chi connectivity index (χ3v) is 3.51. The van der Waals surface area contributed by atoms with Gasteiger partial charge in [-0.2, -0.15) is 0 Å². The first-order chi connectivity index (χ1) is 8.86. The zero-order valence-electron chi connectivity index (χ0n) is 10.4. The summed E-state index contributed by atoms with van der Waals surface area (Å²) in [5, 5.41) is 8.09. The molecular weight excluding hydrogens is 266 g/mol. The van der Waals surface area contributed by atoms with Gasteiger partial charge in [-0.05, 0) is 37.3 Å². The molecule has 1 aromatic heterocycles. The first kappa shape index (κ1) is 13.4. The predicted octanol–water partition coefficient (Wildman–Crippen LogP) is 1.43. The van der Waals surface area contributed by atoms with Gasteiger partial charge in [0, 0.05) is 0 Å². The highest BCUT2D eigenvalue weighted by atomic mass is 32.2. The molecule has 0 atom stereocenters. The molecule has 6 nitrogen and oxygen atoms in total. The van der Waals surface area contributed by atoms with Crippen LogP contribution in [0.3, 0.4) is 0 Å². The molecule has 7 heteroatoms. The van der Waals surface area contributed by atoms with Crippen molar-refractivity contribution in [2.75, 3.05) is 11.1 Å². The number of hydrogen-bond donors (Lipinski definition) is 3. The van der Waals surface area contributed by atoms with E-state index >= 15 is 0 Å². The van der Waals surface area contributed by atoms with Crippen molar-refractivity contribution >= 4 is 21.4 Å². The first-order valence-electron chi connectivity index (χ1n) is 5.58. The maximum atomic E-state index is 11.3. The zero-order valence-corrected chi connectivity index (χ0v) is 11.2. The summed E-state index contributed by atoms with van der Waals surface area (Å²) < 4.78 is 27.9. The molecular formula is C12H15N3O3S. The molecule has 0 saturated heterocycles. The van der Waals surface area contributed by atoms with Crippen LogP contribution < -0.4 is 16.2 Å². The van der Waals surface area contributed by atoms with Crippen molar-refractivity contribution in [1.29, 1.82) is 0 Å². The maximum absolute atomic E-state index is 11.3. The van der Waals surface area contributed by atoms with E-state index in [1.165, 1.54) is 18.2 Å². The highest BCUT2D eigenvalue weighted by Gasteiger charge is 2.10. The van der Waals surface area contributed by atoms with Crippen molar-refractivity contribution in [3.8, 4) is 0 Å². The van der Waals surface area contributed by atoms with Gasteiger partial charge in [0.25, 0.3) is 0 Å². The Bertz CT molecular complexity index is 692. The molecule has 19 heavy (non-hydrogen) atoms. The fraction of sp³-hybridized carbons (Fsp3) is 0.167. The van der Waals surface area contributed by atoms with E-state index in [0.29, 0.717) is 17.9 Å². The van der Waals surface area contributed by atoms with E-state index in [2.05, 4.69) is 5.32 Å². The molecule has 2 aromatic rings. The average Bonchev–Trinajstić information content (AvgIpc) is 2.72. The number of primary sulfonamides is 1. The van der Waals surface area contributed by atoms with E-state index in [0.717, 1.165) is 11.5 Å². The SMILES string of the molecule is Cc1ccc(CNc2cc(S(N)(=O)=O)ccc2N)o1. The Labute approximate surface area is 111 Å². The molecule has 0 aliphatic carbocycles. The van der Waals surface area contributed by atoms with E-state index < -0.39 is 10.0 Å². The lowest BCUT2D eigenvalue weighted by Crippen LogP contribution is -2.13. The minimum absolute atomic E-state index is 0.0137. The molecule has 0 aliphatic heterocycles. The van der Waals surface area contributed by atoms with Crippen LogP contribution in [0.25, 0.3) is 0 Å². The number of furan rings is 1. The first-order valence-corrected chi connectivity index (χ1v) is 7.12. The summed E-state index contributed by atoms with van der Waals surface area (Å²) in [5.74, 6) is 1.54. The second kappa shape index (κ2) is 4.94. The third kappa shape index (κ3) is 3.27. The largest absolute Gasteiger partial charge is 0.465 e. The van der Waals surface area contributed by atoms with E-state index in [9.17, 15) is 8.42 Å². The second-order valence-corrected chi connectivity index (χ2v) is 5.72. The molecule has 1 aromatic carbocycles. The van der Waals surface area contributed by atoms with Crippen molar-refractivity contribution < 1.29 is 12.8 Å². The zero-order chi connectivity index (χ0) is 14.0. The molecule has 0 aliphatic rings. The number of nitrogens with one attached hydrogen (secondary N) is 1. The monoisotopic (exact) mass is 281 g/mol. The lowest BCUT2D eigenvalue weighted by molar-refractivity contribution is 0.490. The Morgan fingerprint density at radius 2 is 2.00 bits per heavy atom. The summed E-state index contributed by atoms with van der Waals surface area (Å²) in [7, 11) is -3.74. The number of rotatable bonds is 4. The van der Waals surface area contributed by atoms with E-state index in [1.54, 1.807) is 0 Å². The van der Waals surface area contributed by atoms with Crippen LogP contribution in [-0.4, -0.2) is 8.42 Å². The maximum Gasteiger partial charge on any atom is 0.238 e. The van der Waals surface area contributed by atoms with E-state index in [1.807, 2.05) is 19.1 Å². The number of nitrogens with two attached hydrogens (primary N) is 2. The lowest BCUT2D eigenvalue weighted by atomic mass is 10.2. The summed E-state index contributed by atoms with van der Waals surface area (Å²) in [4.78, 5) is 0.0137. The fourth-order valence-corrected chi connectivity index (χ4v) is 2.17. The molecule has 0 spiro atoms. The molecule has 1 heterocycles. The van der Waals surface area contributed by atoms with Crippen LogP contribution >= 0.6 is 0 Å². The standard InChI is InChI=1S/C12H15N3O3S/c1-8-2-3-9(18-8)7-15-12-6-10(19(14,16)17)4-5-11(12)13/h2-6,15H,7,13H2,1H3,(H2,14,16,17). The molecule has 2 rings (SSSR count). The summed E-state index contributed by atoms with van der Waals surface area (Å²) in [6, 6.07) is 7.95. The molecule has 102 valence electrons. The number of nitrogen functional groups attached to an aromatic ring is 1. The van der Waals surface area contributed by atoms with Crippen LogP contribution in [-0.2, 0) is 16.6 Å². The highest BCUT2D eigenvalue weighted by molar-refractivity contribution is 7.89. The van der Waals surface area contributed by atoms with Gasteiger partial charge in [0.15, 0.2) is 0 Å². The Morgan fingerprint density at radius 1 is 1.26 bits per heavy atom. The second-order valence-electron chi connectivity index (χ2n) is 4.16. The van der Waals surface area contributed by atoms with Crippen LogP contribution in [0, 0.1) is 6.92 Å². The Morgan fingerprint density at radius 3 is 2.58 bits per heavy atom. The van der Waals surface area contributed by atoms with Gasteiger partial charge in [-0.25, -0.2) is 13.6 Å². The fourth-order valence-electron chi connectivity index (χ4n) is 1.63. The quantitative estimate of drug-likeness (QED) is 0.734. The van der Waals surface area contributed by atoms with Gasteiger partial charge in [0.2, 0.25) is 10.0 Å². The highest BCUT2D eigenvalue weighted by Crippen LogP contribution is 2.23. The molecule has 0 bridgehead atoms. The summed E-state index contributed by atoms with van der Waals surface area (Å²) in [6.07, 6.45) is 0. The Balaban J connectivity index is 2.20. The van der Waals surface area contributed by atoms with Gasteiger partial charge in [0.1, 0.15) is 11.5 Å². The van der Waals surface area contributed by atoms with Crippen molar-refractivity contribution in [1.82, 2.24) is 0 Å². The predicted molar refractivity (Wildman–Crippen MR) is 73.0 cm³/mol. The summed E-state index contributed by atoms with van der Waals surface area (Å²) >= 11 is 0. The minimum Gasteiger partial charge on any atom is -0.465 e. The van der Waals surface area contributed by atoms with Gasteiger partial charge < -0.3 is 15.5 Å². The molecule has 0 amide bonds. The van der Waals surface area contributed by atoms with Crippen LogP contribution in [0.4, 0.5) is 11.4 Å².